The van der Waals surface area contributed by atoms with Crippen LogP contribution in [0.1, 0.15) is 103 Å². The van der Waals surface area contributed by atoms with Crippen LogP contribution in [-0.4, -0.2) is 9.55 Å². The van der Waals surface area contributed by atoms with Gasteiger partial charge in [0.1, 0.15) is 5.82 Å². The molecule has 0 saturated heterocycles. The van der Waals surface area contributed by atoms with Crippen LogP contribution in [0.25, 0.3) is 50.5 Å². The molecule has 2 heteroatoms. The third-order valence-corrected chi connectivity index (χ3v) is 9.76. The van der Waals surface area contributed by atoms with Crippen molar-refractivity contribution in [2.24, 2.45) is 0 Å². The summed E-state index contributed by atoms with van der Waals surface area (Å²) in [4.78, 5) is 4.84. The minimum atomic E-state index is 0.109. The summed E-state index contributed by atoms with van der Waals surface area (Å²) in [6.07, 6.45) is 4.05. The van der Waals surface area contributed by atoms with E-state index in [1.165, 1.54) is 61.3 Å². The highest BCUT2D eigenvalue weighted by Gasteiger charge is 2.22. The van der Waals surface area contributed by atoms with Gasteiger partial charge in [-0.25, -0.2) is 4.98 Å². The molecule has 0 N–H and O–H groups in total. The largest absolute Gasteiger partial charge is 0.299 e. The second-order valence-electron chi connectivity index (χ2n) is 16.3. The summed E-state index contributed by atoms with van der Waals surface area (Å²) in [5.74, 6) is 1.60. The summed E-state index contributed by atoms with van der Waals surface area (Å²) in [6.45, 7) is 22.9. The van der Waals surface area contributed by atoms with E-state index in [9.17, 15) is 0 Å². The first kappa shape index (κ1) is 34.2. The van der Waals surface area contributed by atoms with Crippen molar-refractivity contribution < 1.29 is 0 Å². The third-order valence-electron chi connectivity index (χ3n) is 9.76. The Morgan fingerprint density at radius 2 is 0.878 bits per heavy atom. The first-order valence-corrected chi connectivity index (χ1v) is 17.8. The number of aromatic nitrogens is 2. The van der Waals surface area contributed by atoms with Crippen molar-refractivity contribution in [1.82, 2.24) is 9.55 Å². The smallest absolute Gasteiger partial charge is 0.144 e. The van der Waals surface area contributed by atoms with Gasteiger partial charge in [-0.1, -0.05) is 148 Å². The molecular weight excluding hydrogens is 593 g/mol. The van der Waals surface area contributed by atoms with Crippen molar-refractivity contribution in [2.75, 3.05) is 0 Å². The molecule has 0 saturated carbocycles. The maximum Gasteiger partial charge on any atom is 0.144 e. The van der Waals surface area contributed by atoms with Gasteiger partial charge in [0.05, 0.1) is 5.69 Å². The number of imidazole rings is 1. The van der Waals surface area contributed by atoms with Crippen LogP contribution in [0.5, 0.6) is 0 Å². The van der Waals surface area contributed by atoms with Crippen molar-refractivity contribution >= 4 is 0 Å². The van der Waals surface area contributed by atoms with Gasteiger partial charge in [-0.2, -0.15) is 0 Å². The fourth-order valence-electron chi connectivity index (χ4n) is 6.74. The minimum absolute atomic E-state index is 0.109. The van der Waals surface area contributed by atoms with E-state index in [-0.39, 0.29) is 10.8 Å². The van der Waals surface area contributed by atoms with Gasteiger partial charge in [0.2, 0.25) is 0 Å². The molecule has 0 amide bonds. The lowest BCUT2D eigenvalue weighted by Gasteiger charge is -2.24. The Morgan fingerprint density at radius 1 is 0.469 bits per heavy atom. The SMILES string of the molecule is CC(C)c1cc(-c2cc(-c3ccc(C(C)(C)C)cc3)cc(-c3ccc(C(C)(C)C)cc3)c2)cc(C(C)C)c1-n1ccnc1-c1ccccc1. The summed E-state index contributed by atoms with van der Waals surface area (Å²) in [6, 6.07) is 40.8. The Morgan fingerprint density at radius 3 is 1.29 bits per heavy atom. The first-order valence-electron chi connectivity index (χ1n) is 17.8. The topological polar surface area (TPSA) is 17.8 Å². The zero-order valence-corrected chi connectivity index (χ0v) is 31.1. The predicted molar refractivity (Wildman–Crippen MR) is 211 cm³/mol. The monoisotopic (exact) mass is 644 g/mol. The number of nitrogens with zero attached hydrogens (tertiary/aromatic N) is 2. The lowest BCUT2D eigenvalue weighted by molar-refractivity contribution is 0.590. The van der Waals surface area contributed by atoms with Crippen LogP contribution in [0.15, 0.2) is 122 Å². The molecule has 6 aromatic rings. The van der Waals surface area contributed by atoms with Crippen molar-refractivity contribution in [1.29, 1.82) is 0 Å². The van der Waals surface area contributed by atoms with Crippen LogP contribution < -0.4 is 0 Å². The quantitative estimate of drug-likeness (QED) is 0.169. The summed E-state index contributed by atoms with van der Waals surface area (Å²) >= 11 is 0. The van der Waals surface area contributed by atoms with Crippen LogP contribution in [0.4, 0.5) is 0 Å². The van der Waals surface area contributed by atoms with Gasteiger partial charge >= 0.3 is 0 Å². The molecule has 0 radical (unpaired) electrons. The van der Waals surface area contributed by atoms with Crippen molar-refractivity contribution in [3.05, 3.63) is 144 Å². The summed E-state index contributed by atoms with van der Waals surface area (Å²) in [5.41, 5.74) is 15.3. The summed E-state index contributed by atoms with van der Waals surface area (Å²) in [5, 5.41) is 0. The van der Waals surface area contributed by atoms with E-state index in [4.69, 9.17) is 4.98 Å². The fraction of sp³-hybridized carbons (Fsp3) is 0.298. The average Bonchev–Trinajstić information content (AvgIpc) is 3.57. The van der Waals surface area contributed by atoms with Gasteiger partial charge in [0.25, 0.3) is 0 Å². The maximum atomic E-state index is 4.84. The molecule has 1 aromatic heterocycles. The van der Waals surface area contributed by atoms with Crippen molar-refractivity contribution in [3.8, 4) is 50.5 Å². The Hall–Kier alpha value is -4.69. The highest BCUT2D eigenvalue weighted by molar-refractivity contribution is 5.82. The standard InChI is InChI=1S/C47H52N2/c1-31(2)42-29-39(30-43(32(3)4)44(42)49-25-24-48-45(49)35-14-12-11-13-15-35)38-27-36(33-16-20-40(21-17-33)46(5,6)7)26-37(28-38)34-18-22-41(23-19-34)47(8,9)10/h11-32H,1-10H3. The molecule has 0 aliphatic carbocycles. The molecule has 49 heavy (non-hydrogen) atoms. The van der Waals surface area contributed by atoms with E-state index in [1.807, 2.05) is 6.20 Å². The van der Waals surface area contributed by atoms with Crippen LogP contribution in [0.2, 0.25) is 0 Å². The molecule has 1 heterocycles. The molecule has 0 spiro atoms. The van der Waals surface area contributed by atoms with E-state index in [0.717, 1.165) is 11.4 Å². The van der Waals surface area contributed by atoms with Gasteiger partial charge in [-0.3, -0.25) is 4.57 Å². The second-order valence-corrected chi connectivity index (χ2v) is 16.3. The highest BCUT2D eigenvalue weighted by atomic mass is 15.1. The fourth-order valence-corrected chi connectivity index (χ4v) is 6.74. The number of hydrogen-bond donors (Lipinski definition) is 0. The molecule has 0 unspecified atom stereocenters. The zero-order valence-electron chi connectivity index (χ0n) is 31.1. The van der Waals surface area contributed by atoms with Crippen LogP contribution in [0, 0.1) is 0 Å². The maximum absolute atomic E-state index is 4.84. The molecule has 2 nitrogen and oxygen atoms in total. The molecule has 0 bridgehead atoms. The highest BCUT2D eigenvalue weighted by Crippen LogP contribution is 2.40. The Bertz CT molecular complexity index is 1940. The second kappa shape index (κ2) is 13.3. The van der Waals surface area contributed by atoms with Gasteiger partial charge in [-0.05, 0) is 109 Å². The molecule has 0 aliphatic rings. The minimum Gasteiger partial charge on any atom is -0.299 e. The van der Waals surface area contributed by atoms with E-state index < -0.39 is 0 Å². The molecule has 6 rings (SSSR count). The van der Waals surface area contributed by atoms with Crippen LogP contribution in [0.3, 0.4) is 0 Å². The molecule has 250 valence electrons. The lowest BCUT2D eigenvalue weighted by Crippen LogP contribution is -2.10. The third kappa shape index (κ3) is 7.20. The Balaban J connectivity index is 1.56. The number of benzene rings is 5. The van der Waals surface area contributed by atoms with Gasteiger partial charge in [-0.15, -0.1) is 0 Å². The Kier molecular flexibility index (Phi) is 9.29. The predicted octanol–water partition coefficient (Wildman–Crippen LogP) is 13.4. The average molecular weight is 645 g/mol. The first-order chi connectivity index (χ1) is 23.2. The number of rotatable bonds is 7. The summed E-state index contributed by atoms with van der Waals surface area (Å²) < 4.78 is 2.30. The van der Waals surface area contributed by atoms with Crippen LogP contribution >= 0.6 is 0 Å². The van der Waals surface area contributed by atoms with Crippen molar-refractivity contribution in [3.63, 3.8) is 0 Å². The molecule has 0 fully saturated rings. The molecule has 0 aliphatic heterocycles. The molecular formula is C47H52N2. The van der Waals surface area contributed by atoms with E-state index in [0.29, 0.717) is 11.8 Å². The molecule has 5 aromatic carbocycles. The van der Waals surface area contributed by atoms with Gasteiger partial charge in [0, 0.05) is 18.0 Å². The Labute approximate surface area is 294 Å². The van der Waals surface area contributed by atoms with Gasteiger partial charge < -0.3 is 0 Å². The van der Waals surface area contributed by atoms with Gasteiger partial charge in [0.15, 0.2) is 0 Å². The lowest BCUT2D eigenvalue weighted by atomic mass is 9.84. The zero-order chi connectivity index (χ0) is 35.1. The van der Waals surface area contributed by atoms with E-state index in [2.05, 4.69) is 189 Å². The number of hydrogen-bond acceptors (Lipinski definition) is 1. The normalized spacial score (nSPS) is 12.2. The van der Waals surface area contributed by atoms with E-state index >= 15 is 0 Å². The van der Waals surface area contributed by atoms with E-state index in [1.54, 1.807) is 0 Å². The summed E-state index contributed by atoms with van der Waals surface area (Å²) in [7, 11) is 0. The molecule has 0 atom stereocenters. The van der Waals surface area contributed by atoms with Crippen molar-refractivity contribution in [2.45, 2.75) is 91.9 Å². The van der Waals surface area contributed by atoms with Crippen LogP contribution in [-0.2, 0) is 10.8 Å².